The van der Waals surface area contributed by atoms with E-state index in [-0.39, 0.29) is 29.2 Å². The molecule has 0 bridgehead atoms. The van der Waals surface area contributed by atoms with Gasteiger partial charge in [-0.25, -0.2) is 8.42 Å². The van der Waals surface area contributed by atoms with Crippen LogP contribution in [0.25, 0.3) is 0 Å². The van der Waals surface area contributed by atoms with Crippen LogP contribution in [0.15, 0.2) is 46.9 Å². The molecule has 0 fully saturated rings. The fourth-order valence-corrected chi connectivity index (χ4v) is 4.74. The molecule has 180 valence electrons. The number of carbonyl (C=O) groups excluding carboxylic acids is 2. The molecule has 0 unspecified atom stereocenters. The van der Waals surface area contributed by atoms with Gasteiger partial charge >= 0.3 is 0 Å². The van der Waals surface area contributed by atoms with Gasteiger partial charge in [0.05, 0.1) is 17.0 Å². The number of hydrogen-bond donors (Lipinski definition) is 1. The molecule has 0 saturated carbocycles. The van der Waals surface area contributed by atoms with E-state index in [2.05, 4.69) is 21.2 Å². The molecule has 2 rings (SSSR count). The predicted molar refractivity (Wildman–Crippen MR) is 136 cm³/mol. The monoisotopic (exact) mass is 577 g/mol. The minimum absolute atomic E-state index is 0.0887. The smallest absolute Gasteiger partial charge is 0.244 e. The number of sulfonamides is 1. The highest BCUT2D eigenvalue weighted by Gasteiger charge is 2.31. The second-order valence-electron chi connectivity index (χ2n) is 7.85. The van der Waals surface area contributed by atoms with Crippen molar-refractivity contribution in [2.75, 3.05) is 17.1 Å². The molecule has 7 nitrogen and oxygen atoms in total. The third-order valence-corrected chi connectivity index (χ3v) is 6.91. The number of nitrogens with zero attached hydrogens (tertiary/aromatic N) is 2. The first-order valence-corrected chi connectivity index (χ1v) is 13.5. The van der Waals surface area contributed by atoms with E-state index in [0.29, 0.717) is 5.02 Å². The molecule has 0 aliphatic heterocycles. The molecule has 0 heterocycles. The number of amides is 2. The summed E-state index contributed by atoms with van der Waals surface area (Å²) >= 11 is 15.5. The van der Waals surface area contributed by atoms with E-state index in [1.807, 2.05) is 38.1 Å². The van der Waals surface area contributed by atoms with Gasteiger partial charge in [0, 0.05) is 22.1 Å². The zero-order chi connectivity index (χ0) is 24.9. The summed E-state index contributed by atoms with van der Waals surface area (Å²) in [5, 5.41) is 3.22. The SMILES string of the molecule is CC(C)NC(=O)[C@@H](C)N(Cc1ccc(Br)cc1)C(=O)CN(c1ccc(Cl)cc1Cl)S(C)(=O)=O. The molecular formula is C22H26BrCl2N3O4S. The van der Waals surface area contributed by atoms with Crippen molar-refractivity contribution in [1.29, 1.82) is 0 Å². The summed E-state index contributed by atoms with van der Waals surface area (Å²) in [6, 6.07) is 10.7. The van der Waals surface area contributed by atoms with E-state index in [1.54, 1.807) is 6.92 Å². The first kappa shape index (κ1) is 27.4. The number of hydrogen-bond acceptors (Lipinski definition) is 4. The molecule has 0 saturated heterocycles. The van der Waals surface area contributed by atoms with Crippen LogP contribution in [0.4, 0.5) is 5.69 Å². The minimum Gasteiger partial charge on any atom is -0.352 e. The fraction of sp³-hybridized carbons (Fsp3) is 0.364. The molecule has 2 aromatic rings. The molecule has 0 aliphatic rings. The van der Waals surface area contributed by atoms with Gasteiger partial charge in [0.2, 0.25) is 21.8 Å². The number of carbonyl (C=O) groups is 2. The molecule has 0 aromatic heterocycles. The summed E-state index contributed by atoms with van der Waals surface area (Å²) < 4.78 is 26.9. The number of benzene rings is 2. The zero-order valence-corrected chi connectivity index (χ0v) is 22.6. The highest BCUT2D eigenvalue weighted by atomic mass is 79.9. The van der Waals surface area contributed by atoms with Crippen LogP contribution in [0.3, 0.4) is 0 Å². The van der Waals surface area contributed by atoms with Crippen molar-refractivity contribution in [3.05, 3.63) is 62.5 Å². The van der Waals surface area contributed by atoms with Crippen molar-refractivity contribution in [1.82, 2.24) is 10.2 Å². The Labute approximate surface area is 213 Å². The van der Waals surface area contributed by atoms with Crippen molar-refractivity contribution >= 4 is 66.7 Å². The Kier molecular flexibility index (Phi) is 9.60. The maximum atomic E-state index is 13.4. The third-order valence-electron chi connectivity index (χ3n) is 4.72. The van der Waals surface area contributed by atoms with Crippen LogP contribution in [-0.4, -0.2) is 50.0 Å². The number of rotatable bonds is 9. The Hall–Kier alpha value is -1.81. The van der Waals surface area contributed by atoms with Gasteiger partial charge in [0.15, 0.2) is 0 Å². The summed E-state index contributed by atoms with van der Waals surface area (Å²) in [5.74, 6) is -0.897. The summed E-state index contributed by atoms with van der Waals surface area (Å²) in [6.45, 7) is 4.83. The maximum absolute atomic E-state index is 13.4. The normalized spacial score (nSPS) is 12.4. The van der Waals surface area contributed by atoms with Gasteiger partial charge in [0.1, 0.15) is 12.6 Å². The average Bonchev–Trinajstić information content (AvgIpc) is 2.70. The highest BCUT2D eigenvalue weighted by Crippen LogP contribution is 2.30. The lowest BCUT2D eigenvalue weighted by Crippen LogP contribution is -2.52. The van der Waals surface area contributed by atoms with Gasteiger partial charge in [0.25, 0.3) is 0 Å². The standard InChI is InChI=1S/C22H26BrCl2N3O4S/c1-14(2)26-22(30)15(3)27(12-16-5-7-17(23)8-6-16)21(29)13-28(33(4,31)32)20-10-9-18(24)11-19(20)25/h5-11,14-15H,12-13H2,1-4H3,(H,26,30)/t15-/m1/s1. The van der Waals surface area contributed by atoms with Gasteiger partial charge < -0.3 is 10.2 Å². The largest absolute Gasteiger partial charge is 0.352 e. The Morgan fingerprint density at radius 1 is 1.06 bits per heavy atom. The molecule has 2 amide bonds. The van der Waals surface area contributed by atoms with E-state index >= 15 is 0 Å². The van der Waals surface area contributed by atoms with Gasteiger partial charge in [-0.3, -0.25) is 13.9 Å². The average molecular weight is 579 g/mol. The Morgan fingerprint density at radius 2 is 1.67 bits per heavy atom. The van der Waals surface area contributed by atoms with Gasteiger partial charge in [-0.15, -0.1) is 0 Å². The van der Waals surface area contributed by atoms with Crippen molar-refractivity contribution in [2.24, 2.45) is 0 Å². The Balaban J connectivity index is 2.41. The fourth-order valence-electron chi connectivity index (χ4n) is 3.05. The molecule has 2 aromatic carbocycles. The lowest BCUT2D eigenvalue weighted by molar-refractivity contribution is -0.139. The summed E-state index contributed by atoms with van der Waals surface area (Å²) in [4.78, 5) is 27.5. The topological polar surface area (TPSA) is 86.8 Å². The Morgan fingerprint density at radius 3 is 2.18 bits per heavy atom. The maximum Gasteiger partial charge on any atom is 0.244 e. The third kappa shape index (κ3) is 7.88. The van der Waals surface area contributed by atoms with Crippen molar-refractivity contribution in [3.63, 3.8) is 0 Å². The predicted octanol–water partition coefficient (Wildman–Crippen LogP) is 4.46. The Bertz CT molecular complexity index is 1110. The van der Waals surface area contributed by atoms with E-state index in [4.69, 9.17) is 23.2 Å². The summed E-state index contributed by atoms with van der Waals surface area (Å²) in [6.07, 6.45) is 0.985. The van der Waals surface area contributed by atoms with E-state index in [9.17, 15) is 18.0 Å². The van der Waals surface area contributed by atoms with Crippen LogP contribution >= 0.6 is 39.1 Å². The number of nitrogens with one attached hydrogen (secondary N) is 1. The van der Waals surface area contributed by atoms with Crippen molar-refractivity contribution < 1.29 is 18.0 Å². The lowest BCUT2D eigenvalue weighted by atomic mass is 10.1. The van der Waals surface area contributed by atoms with Gasteiger partial charge in [-0.2, -0.15) is 0 Å². The van der Waals surface area contributed by atoms with E-state index in [0.717, 1.165) is 20.6 Å². The molecular weight excluding hydrogens is 553 g/mol. The van der Waals surface area contributed by atoms with E-state index < -0.39 is 28.5 Å². The zero-order valence-electron chi connectivity index (χ0n) is 18.7. The molecule has 0 aliphatic carbocycles. The molecule has 1 N–H and O–H groups in total. The number of anilines is 1. The molecule has 0 radical (unpaired) electrons. The quantitative estimate of drug-likeness (QED) is 0.476. The van der Waals surface area contributed by atoms with E-state index in [1.165, 1.54) is 23.1 Å². The van der Waals surface area contributed by atoms with Gasteiger partial charge in [-0.1, -0.05) is 51.3 Å². The molecule has 1 atom stereocenters. The second-order valence-corrected chi connectivity index (χ2v) is 11.5. The number of halogens is 3. The summed E-state index contributed by atoms with van der Waals surface area (Å²) in [5.41, 5.74) is 0.908. The minimum atomic E-state index is -3.87. The highest BCUT2D eigenvalue weighted by molar-refractivity contribution is 9.10. The van der Waals surface area contributed by atoms with Crippen LogP contribution in [0.5, 0.6) is 0 Å². The van der Waals surface area contributed by atoms with Crippen molar-refractivity contribution in [2.45, 2.75) is 39.4 Å². The first-order valence-electron chi connectivity index (χ1n) is 10.1. The van der Waals surface area contributed by atoms with Crippen LogP contribution in [-0.2, 0) is 26.2 Å². The van der Waals surface area contributed by atoms with Gasteiger partial charge in [-0.05, 0) is 56.7 Å². The van der Waals surface area contributed by atoms with Crippen LogP contribution in [0, 0.1) is 0 Å². The van der Waals surface area contributed by atoms with Crippen LogP contribution < -0.4 is 9.62 Å². The molecule has 0 spiro atoms. The second kappa shape index (κ2) is 11.6. The molecule has 11 heteroatoms. The summed E-state index contributed by atoms with van der Waals surface area (Å²) in [7, 11) is -3.87. The lowest BCUT2D eigenvalue weighted by Gasteiger charge is -2.32. The van der Waals surface area contributed by atoms with Crippen LogP contribution in [0.2, 0.25) is 10.0 Å². The van der Waals surface area contributed by atoms with Crippen molar-refractivity contribution in [3.8, 4) is 0 Å². The molecule has 33 heavy (non-hydrogen) atoms. The van der Waals surface area contributed by atoms with Crippen LogP contribution in [0.1, 0.15) is 26.3 Å². The first-order chi connectivity index (χ1) is 15.3.